The summed E-state index contributed by atoms with van der Waals surface area (Å²) in [6.07, 6.45) is 5.47. The summed E-state index contributed by atoms with van der Waals surface area (Å²) in [5.41, 5.74) is 0. The fourth-order valence-corrected chi connectivity index (χ4v) is 1.45. The quantitative estimate of drug-likeness (QED) is 0.711. The summed E-state index contributed by atoms with van der Waals surface area (Å²) in [6.45, 7) is 6.50. The van der Waals surface area contributed by atoms with Crippen LogP contribution < -0.4 is 5.32 Å². The van der Waals surface area contributed by atoms with Gasteiger partial charge in [-0.25, -0.2) is 4.98 Å². The van der Waals surface area contributed by atoms with E-state index < -0.39 is 0 Å². The molecule has 0 saturated heterocycles. The molecule has 0 amide bonds. The van der Waals surface area contributed by atoms with Crippen molar-refractivity contribution in [1.82, 2.24) is 14.9 Å². The van der Waals surface area contributed by atoms with Crippen molar-refractivity contribution in [3.8, 4) is 0 Å². The number of nitrogens with one attached hydrogen (secondary N) is 1. The number of aliphatic hydroxyl groups is 1. The molecule has 2 N–H and O–H groups in total. The highest BCUT2D eigenvalue weighted by atomic mass is 16.3. The van der Waals surface area contributed by atoms with E-state index in [2.05, 4.69) is 21.8 Å². The molecule has 1 aromatic rings. The predicted molar refractivity (Wildman–Crippen MR) is 60.5 cm³/mol. The Kier molecular flexibility index (Phi) is 5.36. The molecular formula is C11H21N3O. The van der Waals surface area contributed by atoms with Crippen LogP contribution in [-0.2, 0) is 13.1 Å². The van der Waals surface area contributed by atoms with Gasteiger partial charge >= 0.3 is 0 Å². The van der Waals surface area contributed by atoms with Gasteiger partial charge in [0.25, 0.3) is 0 Å². The van der Waals surface area contributed by atoms with Gasteiger partial charge in [-0.3, -0.25) is 0 Å². The van der Waals surface area contributed by atoms with E-state index >= 15 is 0 Å². The van der Waals surface area contributed by atoms with E-state index in [1.807, 2.05) is 19.3 Å². The highest BCUT2D eigenvalue weighted by molar-refractivity contribution is 4.91. The third-order valence-corrected chi connectivity index (χ3v) is 2.40. The Morgan fingerprint density at radius 1 is 1.53 bits per heavy atom. The van der Waals surface area contributed by atoms with Gasteiger partial charge in [0.2, 0.25) is 0 Å². The molecule has 1 unspecified atom stereocenters. The maximum atomic E-state index is 9.37. The van der Waals surface area contributed by atoms with Crippen LogP contribution in [0.5, 0.6) is 0 Å². The first-order valence-electron chi connectivity index (χ1n) is 5.66. The Morgan fingerprint density at radius 3 is 3.00 bits per heavy atom. The molecule has 0 aromatic carbocycles. The van der Waals surface area contributed by atoms with E-state index in [1.165, 1.54) is 0 Å². The summed E-state index contributed by atoms with van der Waals surface area (Å²) < 4.78 is 2.14. The lowest BCUT2D eigenvalue weighted by atomic mass is 10.3. The highest BCUT2D eigenvalue weighted by Gasteiger charge is 2.03. The predicted octanol–water partition coefficient (Wildman–Crippen LogP) is 1.15. The van der Waals surface area contributed by atoms with Crippen molar-refractivity contribution >= 4 is 0 Å². The molecule has 0 aliphatic rings. The highest BCUT2D eigenvalue weighted by Crippen LogP contribution is 1.99. The van der Waals surface area contributed by atoms with E-state index in [0.29, 0.717) is 6.54 Å². The summed E-state index contributed by atoms with van der Waals surface area (Å²) >= 11 is 0. The standard InChI is InChI=1S/C11H21N3O/c1-3-6-14-7-5-13-11(14)9-12-8-10(15)4-2/h5,7,10,12,15H,3-4,6,8-9H2,1-2H3. The van der Waals surface area contributed by atoms with E-state index in [-0.39, 0.29) is 6.10 Å². The van der Waals surface area contributed by atoms with Crippen LogP contribution in [0.3, 0.4) is 0 Å². The molecular weight excluding hydrogens is 190 g/mol. The van der Waals surface area contributed by atoms with Crippen LogP contribution in [0.1, 0.15) is 32.5 Å². The van der Waals surface area contributed by atoms with Crippen molar-refractivity contribution in [2.45, 2.75) is 45.9 Å². The van der Waals surface area contributed by atoms with Crippen molar-refractivity contribution in [3.63, 3.8) is 0 Å². The first-order chi connectivity index (χ1) is 7.27. The lowest BCUT2D eigenvalue weighted by Gasteiger charge is -2.10. The van der Waals surface area contributed by atoms with Crippen molar-refractivity contribution < 1.29 is 5.11 Å². The molecule has 1 heterocycles. The van der Waals surface area contributed by atoms with Crippen LogP contribution in [0.15, 0.2) is 12.4 Å². The SMILES string of the molecule is CCCn1ccnc1CNCC(O)CC. The summed E-state index contributed by atoms with van der Waals surface area (Å²) in [7, 11) is 0. The number of imidazole rings is 1. The molecule has 0 aliphatic carbocycles. The maximum absolute atomic E-state index is 9.37. The third-order valence-electron chi connectivity index (χ3n) is 2.40. The van der Waals surface area contributed by atoms with Gasteiger partial charge in [-0.1, -0.05) is 13.8 Å². The van der Waals surface area contributed by atoms with Gasteiger partial charge in [-0.15, -0.1) is 0 Å². The van der Waals surface area contributed by atoms with Gasteiger partial charge in [0.05, 0.1) is 12.6 Å². The van der Waals surface area contributed by atoms with Crippen molar-refractivity contribution in [1.29, 1.82) is 0 Å². The van der Waals surface area contributed by atoms with Gasteiger partial charge in [0.15, 0.2) is 0 Å². The minimum atomic E-state index is -0.250. The maximum Gasteiger partial charge on any atom is 0.122 e. The zero-order chi connectivity index (χ0) is 11.1. The Hall–Kier alpha value is -0.870. The number of hydrogen-bond donors (Lipinski definition) is 2. The van der Waals surface area contributed by atoms with Crippen LogP contribution in [0.25, 0.3) is 0 Å². The molecule has 0 radical (unpaired) electrons. The summed E-state index contributed by atoms with van der Waals surface area (Å²) in [4.78, 5) is 4.28. The fourth-order valence-electron chi connectivity index (χ4n) is 1.45. The van der Waals surface area contributed by atoms with Gasteiger partial charge < -0.3 is 15.0 Å². The lowest BCUT2D eigenvalue weighted by Crippen LogP contribution is -2.27. The van der Waals surface area contributed by atoms with Gasteiger partial charge in [-0.2, -0.15) is 0 Å². The zero-order valence-electron chi connectivity index (χ0n) is 9.61. The molecule has 1 aromatic heterocycles. The number of aryl methyl sites for hydroxylation is 1. The summed E-state index contributed by atoms with van der Waals surface area (Å²) in [6, 6.07) is 0. The molecule has 1 rings (SSSR count). The smallest absolute Gasteiger partial charge is 0.122 e. The Bertz CT molecular complexity index is 273. The van der Waals surface area contributed by atoms with Crippen molar-refractivity contribution in [2.24, 2.45) is 0 Å². The van der Waals surface area contributed by atoms with E-state index in [9.17, 15) is 5.11 Å². The molecule has 15 heavy (non-hydrogen) atoms. The Morgan fingerprint density at radius 2 is 2.33 bits per heavy atom. The molecule has 0 fully saturated rings. The van der Waals surface area contributed by atoms with Gasteiger partial charge in [0.1, 0.15) is 5.82 Å². The minimum Gasteiger partial charge on any atom is -0.392 e. The van der Waals surface area contributed by atoms with Crippen molar-refractivity contribution in [3.05, 3.63) is 18.2 Å². The van der Waals surface area contributed by atoms with Crippen LogP contribution in [-0.4, -0.2) is 27.3 Å². The van der Waals surface area contributed by atoms with Crippen LogP contribution in [0.2, 0.25) is 0 Å². The van der Waals surface area contributed by atoms with Crippen LogP contribution in [0, 0.1) is 0 Å². The molecule has 0 saturated carbocycles. The molecule has 4 heteroatoms. The monoisotopic (exact) mass is 211 g/mol. The molecule has 0 bridgehead atoms. The normalized spacial score (nSPS) is 13.0. The number of aromatic nitrogens is 2. The lowest BCUT2D eigenvalue weighted by molar-refractivity contribution is 0.166. The molecule has 0 spiro atoms. The molecule has 4 nitrogen and oxygen atoms in total. The van der Waals surface area contributed by atoms with Gasteiger partial charge in [-0.05, 0) is 12.8 Å². The fraction of sp³-hybridized carbons (Fsp3) is 0.727. The number of hydrogen-bond acceptors (Lipinski definition) is 3. The van der Waals surface area contributed by atoms with Gasteiger partial charge in [0, 0.05) is 25.5 Å². The largest absolute Gasteiger partial charge is 0.392 e. The first-order valence-corrected chi connectivity index (χ1v) is 5.66. The Balaban J connectivity index is 2.33. The van der Waals surface area contributed by atoms with E-state index in [4.69, 9.17) is 0 Å². The summed E-state index contributed by atoms with van der Waals surface area (Å²) in [5.74, 6) is 1.04. The molecule has 1 atom stereocenters. The topological polar surface area (TPSA) is 50.1 Å². The van der Waals surface area contributed by atoms with Crippen LogP contribution in [0.4, 0.5) is 0 Å². The van der Waals surface area contributed by atoms with Crippen LogP contribution >= 0.6 is 0 Å². The molecule has 86 valence electrons. The zero-order valence-corrected chi connectivity index (χ0v) is 9.61. The van der Waals surface area contributed by atoms with E-state index in [1.54, 1.807) is 0 Å². The number of rotatable bonds is 7. The van der Waals surface area contributed by atoms with Crippen molar-refractivity contribution in [2.75, 3.05) is 6.54 Å². The second-order valence-electron chi connectivity index (χ2n) is 3.73. The average molecular weight is 211 g/mol. The second kappa shape index (κ2) is 6.58. The molecule has 0 aliphatic heterocycles. The average Bonchev–Trinajstić information content (AvgIpc) is 2.66. The summed E-state index contributed by atoms with van der Waals surface area (Å²) in [5, 5.41) is 12.6. The minimum absolute atomic E-state index is 0.250. The third kappa shape index (κ3) is 4.01. The number of aliphatic hydroxyl groups excluding tert-OH is 1. The van der Waals surface area contributed by atoms with E-state index in [0.717, 1.165) is 31.8 Å². The number of nitrogens with zero attached hydrogens (tertiary/aromatic N) is 2. The second-order valence-corrected chi connectivity index (χ2v) is 3.73. The first kappa shape index (κ1) is 12.2. The Labute approximate surface area is 91.3 Å².